The molecule has 2 aliphatic rings. The third-order valence-corrected chi connectivity index (χ3v) is 6.08. The predicted molar refractivity (Wildman–Crippen MR) is 115 cm³/mol. The maximum absolute atomic E-state index is 11.9. The molecule has 0 saturated carbocycles. The lowest BCUT2D eigenvalue weighted by Crippen LogP contribution is -2.43. The number of benzene rings is 1. The maximum atomic E-state index is 11.9. The van der Waals surface area contributed by atoms with Gasteiger partial charge in [0.05, 0.1) is 0 Å². The molecule has 2 fully saturated rings. The number of piperidine rings is 1. The number of rotatable bonds is 7. The fourth-order valence-corrected chi connectivity index (χ4v) is 4.37. The van der Waals surface area contributed by atoms with Crippen molar-refractivity contribution in [3.8, 4) is 0 Å². The van der Waals surface area contributed by atoms with Crippen LogP contribution >= 0.6 is 0 Å². The lowest BCUT2D eigenvalue weighted by molar-refractivity contribution is -0.117. The van der Waals surface area contributed by atoms with Crippen LogP contribution < -0.4 is 15.1 Å². The highest BCUT2D eigenvalue weighted by atomic mass is 16.2. The summed E-state index contributed by atoms with van der Waals surface area (Å²) in [5.41, 5.74) is 2.28. The van der Waals surface area contributed by atoms with E-state index in [0.29, 0.717) is 18.5 Å². The second kappa shape index (κ2) is 8.95. The van der Waals surface area contributed by atoms with Crippen molar-refractivity contribution in [3.05, 3.63) is 36.4 Å². The van der Waals surface area contributed by atoms with Gasteiger partial charge in [-0.1, -0.05) is 0 Å². The van der Waals surface area contributed by atoms with E-state index >= 15 is 0 Å². The fourth-order valence-electron chi connectivity index (χ4n) is 4.37. The molecule has 2 aliphatic heterocycles. The third kappa shape index (κ3) is 4.61. The van der Waals surface area contributed by atoms with Gasteiger partial charge in [-0.3, -0.25) is 4.79 Å². The highest BCUT2D eigenvalue weighted by Crippen LogP contribution is 2.26. The van der Waals surface area contributed by atoms with Crippen molar-refractivity contribution in [2.24, 2.45) is 0 Å². The normalized spacial score (nSPS) is 18.2. The largest absolute Gasteiger partial charge is 0.371 e. The van der Waals surface area contributed by atoms with Crippen LogP contribution in [0.1, 0.15) is 51.4 Å². The van der Waals surface area contributed by atoms with Gasteiger partial charge in [0.1, 0.15) is 12.2 Å². The second-order valence-corrected chi connectivity index (χ2v) is 8.38. The zero-order chi connectivity index (χ0) is 20.2. The summed E-state index contributed by atoms with van der Waals surface area (Å²) in [4.78, 5) is 16.3. The van der Waals surface area contributed by atoms with E-state index in [1.807, 2.05) is 11.2 Å². The molecule has 7 nitrogen and oxygen atoms in total. The van der Waals surface area contributed by atoms with E-state index in [2.05, 4.69) is 63.1 Å². The first-order chi connectivity index (χ1) is 14.1. The van der Waals surface area contributed by atoms with Gasteiger partial charge in [0, 0.05) is 62.5 Å². The number of aromatic nitrogens is 3. The van der Waals surface area contributed by atoms with Crippen LogP contribution in [-0.2, 0) is 11.2 Å². The summed E-state index contributed by atoms with van der Waals surface area (Å²) >= 11 is 0. The smallest absolute Gasteiger partial charge is 0.227 e. The van der Waals surface area contributed by atoms with Crippen molar-refractivity contribution in [2.45, 2.75) is 58.0 Å². The van der Waals surface area contributed by atoms with E-state index in [1.54, 1.807) is 0 Å². The highest BCUT2D eigenvalue weighted by molar-refractivity contribution is 5.95. The quantitative estimate of drug-likeness (QED) is 0.780. The van der Waals surface area contributed by atoms with Crippen molar-refractivity contribution >= 4 is 17.3 Å². The summed E-state index contributed by atoms with van der Waals surface area (Å²) in [7, 11) is 0. The first-order valence-corrected chi connectivity index (χ1v) is 10.9. The number of carbonyl (C=O) groups excluding carboxylic acids is 1. The number of amides is 1. The van der Waals surface area contributed by atoms with Crippen LogP contribution in [0.5, 0.6) is 0 Å². The molecule has 156 valence electrons. The first kappa shape index (κ1) is 19.9. The molecule has 3 heterocycles. The monoisotopic (exact) mass is 396 g/mol. The molecule has 1 aromatic carbocycles. The van der Waals surface area contributed by atoms with E-state index < -0.39 is 0 Å². The maximum Gasteiger partial charge on any atom is 0.227 e. The number of nitrogens with one attached hydrogen (secondary N) is 1. The van der Waals surface area contributed by atoms with E-state index in [9.17, 15) is 4.79 Å². The predicted octanol–water partition coefficient (Wildman–Crippen LogP) is 2.79. The Morgan fingerprint density at radius 2 is 1.83 bits per heavy atom. The molecular weight excluding hydrogens is 364 g/mol. The summed E-state index contributed by atoms with van der Waals surface area (Å²) in [5.74, 6) is 1.30. The Labute approximate surface area is 173 Å². The number of hydrogen-bond acceptors (Lipinski definition) is 5. The highest BCUT2D eigenvalue weighted by Gasteiger charge is 2.23. The van der Waals surface area contributed by atoms with Crippen LogP contribution in [-0.4, -0.2) is 52.9 Å². The molecule has 1 amide bonds. The van der Waals surface area contributed by atoms with Gasteiger partial charge in [-0.05, 0) is 57.4 Å². The lowest BCUT2D eigenvalue weighted by Gasteiger charge is -2.34. The minimum Gasteiger partial charge on any atom is -0.371 e. The van der Waals surface area contributed by atoms with Crippen molar-refractivity contribution in [1.29, 1.82) is 0 Å². The van der Waals surface area contributed by atoms with E-state index in [4.69, 9.17) is 0 Å². The van der Waals surface area contributed by atoms with Gasteiger partial charge < -0.3 is 19.7 Å². The minimum absolute atomic E-state index is 0.247. The Bertz CT molecular complexity index is 807. The molecule has 4 rings (SSSR count). The molecule has 0 bridgehead atoms. The summed E-state index contributed by atoms with van der Waals surface area (Å²) in [6.45, 7) is 8.22. The Morgan fingerprint density at radius 1 is 1.10 bits per heavy atom. The van der Waals surface area contributed by atoms with Crippen molar-refractivity contribution < 1.29 is 4.79 Å². The van der Waals surface area contributed by atoms with Crippen molar-refractivity contribution in [2.75, 3.05) is 36.0 Å². The summed E-state index contributed by atoms with van der Waals surface area (Å²) in [6.07, 6.45) is 6.67. The second-order valence-electron chi connectivity index (χ2n) is 8.38. The zero-order valence-electron chi connectivity index (χ0n) is 17.5. The van der Waals surface area contributed by atoms with Gasteiger partial charge >= 0.3 is 0 Å². The zero-order valence-corrected chi connectivity index (χ0v) is 17.5. The van der Waals surface area contributed by atoms with E-state index in [0.717, 1.165) is 63.4 Å². The molecule has 2 aromatic rings. The first-order valence-electron chi connectivity index (χ1n) is 10.9. The topological polar surface area (TPSA) is 66.3 Å². The molecule has 2 saturated heterocycles. The Morgan fingerprint density at radius 3 is 2.48 bits per heavy atom. The van der Waals surface area contributed by atoms with Crippen molar-refractivity contribution in [1.82, 2.24) is 20.1 Å². The molecule has 0 radical (unpaired) electrons. The van der Waals surface area contributed by atoms with Crippen LogP contribution in [0.25, 0.3) is 0 Å². The summed E-state index contributed by atoms with van der Waals surface area (Å²) in [6, 6.07) is 9.46. The third-order valence-electron chi connectivity index (χ3n) is 6.08. The molecule has 0 aliphatic carbocycles. The molecule has 0 spiro atoms. The minimum atomic E-state index is 0.247. The van der Waals surface area contributed by atoms with Crippen LogP contribution in [0.3, 0.4) is 0 Å². The number of anilines is 2. The summed E-state index contributed by atoms with van der Waals surface area (Å²) < 4.78 is 2.14. The number of carbonyl (C=O) groups is 1. The van der Waals surface area contributed by atoms with Crippen molar-refractivity contribution in [3.63, 3.8) is 0 Å². The average molecular weight is 397 g/mol. The summed E-state index contributed by atoms with van der Waals surface area (Å²) in [5, 5.41) is 12.0. The van der Waals surface area contributed by atoms with Crippen LogP contribution in [0, 0.1) is 0 Å². The average Bonchev–Trinajstić information content (AvgIpc) is 3.38. The molecule has 0 atom stereocenters. The van der Waals surface area contributed by atoms with Crippen LogP contribution in [0.4, 0.5) is 11.4 Å². The molecular formula is C22H32N6O. The molecule has 1 N–H and O–H groups in total. The number of hydrogen-bond donors (Lipinski definition) is 1. The van der Waals surface area contributed by atoms with Gasteiger partial charge in [-0.2, -0.15) is 0 Å². The Hall–Kier alpha value is -2.41. The molecule has 29 heavy (non-hydrogen) atoms. The lowest BCUT2D eigenvalue weighted by atomic mass is 10.0. The molecule has 7 heteroatoms. The van der Waals surface area contributed by atoms with Gasteiger partial charge in [0.15, 0.2) is 0 Å². The number of nitrogens with zero attached hydrogens (tertiary/aromatic N) is 5. The van der Waals surface area contributed by atoms with Gasteiger partial charge in [-0.25, -0.2) is 0 Å². The van der Waals surface area contributed by atoms with E-state index in [-0.39, 0.29) is 5.91 Å². The molecule has 1 aromatic heterocycles. The van der Waals surface area contributed by atoms with Crippen LogP contribution in [0.15, 0.2) is 30.6 Å². The van der Waals surface area contributed by atoms with Gasteiger partial charge in [0.2, 0.25) is 5.91 Å². The Kier molecular flexibility index (Phi) is 6.13. The fraction of sp³-hybridized carbons (Fsp3) is 0.591. The van der Waals surface area contributed by atoms with E-state index in [1.165, 1.54) is 5.69 Å². The van der Waals surface area contributed by atoms with Gasteiger partial charge in [-0.15, -0.1) is 10.2 Å². The van der Waals surface area contributed by atoms with Crippen LogP contribution in [0.2, 0.25) is 0 Å². The SMILES string of the molecule is CC(C)n1cnnc1CCNC1CCN(c2ccc(N3CCCC3=O)cc2)CC1. The van der Waals surface area contributed by atoms with Gasteiger partial charge in [0.25, 0.3) is 0 Å². The standard InChI is InChI=1S/C22H32N6O/c1-17(2)28-16-24-25-21(28)9-12-23-18-10-14-26(15-11-18)19-5-7-20(8-6-19)27-13-3-4-22(27)29/h5-8,16-18,23H,3-4,9-15H2,1-2H3. The molecule has 0 unspecified atom stereocenters. The Balaban J connectivity index is 1.23.